The summed E-state index contributed by atoms with van der Waals surface area (Å²) in [5.41, 5.74) is 0. The molecule has 1 nitrogen and oxygen atoms in total. The molecule has 0 atom stereocenters. The summed E-state index contributed by atoms with van der Waals surface area (Å²) in [6.07, 6.45) is 5.89. The Kier molecular flexibility index (Phi) is 3.72. The molecular formula is C15H21NS. The zero-order valence-corrected chi connectivity index (χ0v) is 11.1. The van der Waals surface area contributed by atoms with Crippen LogP contribution in [0.15, 0.2) is 35.2 Å². The first-order chi connectivity index (χ1) is 8.43. The van der Waals surface area contributed by atoms with Gasteiger partial charge in [-0.05, 0) is 49.7 Å². The van der Waals surface area contributed by atoms with Gasteiger partial charge in [0.15, 0.2) is 0 Å². The van der Waals surface area contributed by atoms with Crippen LogP contribution in [0.5, 0.6) is 0 Å². The Bertz CT molecular complexity index is 331. The smallest absolute Gasteiger partial charge is 0.0124 e. The molecule has 3 rings (SSSR count). The molecule has 0 spiro atoms. The van der Waals surface area contributed by atoms with Gasteiger partial charge in [-0.2, -0.15) is 0 Å². The van der Waals surface area contributed by atoms with Crippen LogP contribution in [0.25, 0.3) is 0 Å². The summed E-state index contributed by atoms with van der Waals surface area (Å²) in [7, 11) is 0. The molecule has 2 aliphatic rings. The van der Waals surface area contributed by atoms with Crippen LogP contribution in [0, 0.1) is 11.8 Å². The minimum absolute atomic E-state index is 0.853. The van der Waals surface area contributed by atoms with E-state index >= 15 is 0 Å². The highest BCUT2D eigenvalue weighted by Crippen LogP contribution is 2.44. The molecule has 17 heavy (non-hydrogen) atoms. The van der Waals surface area contributed by atoms with Gasteiger partial charge in [0.05, 0.1) is 0 Å². The van der Waals surface area contributed by atoms with Crippen molar-refractivity contribution in [2.45, 2.75) is 36.6 Å². The van der Waals surface area contributed by atoms with Gasteiger partial charge in [-0.1, -0.05) is 18.2 Å². The highest BCUT2D eigenvalue weighted by Gasteiger charge is 2.40. The summed E-state index contributed by atoms with van der Waals surface area (Å²) in [4.78, 5) is 1.39. The number of nitrogens with one attached hydrogen (secondary N) is 1. The first-order valence-corrected chi connectivity index (χ1v) is 7.83. The van der Waals surface area contributed by atoms with Gasteiger partial charge in [0, 0.05) is 23.2 Å². The minimum Gasteiger partial charge on any atom is -0.313 e. The Morgan fingerprint density at radius 2 is 1.71 bits per heavy atom. The van der Waals surface area contributed by atoms with Crippen molar-refractivity contribution >= 4 is 11.8 Å². The molecule has 0 aromatic heterocycles. The molecule has 0 bridgehead atoms. The van der Waals surface area contributed by atoms with Gasteiger partial charge in [-0.15, -0.1) is 11.8 Å². The number of thioether (sulfide) groups is 1. The summed E-state index contributed by atoms with van der Waals surface area (Å²) in [5.74, 6) is 3.23. The third-order valence-electron chi connectivity index (χ3n) is 3.75. The van der Waals surface area contributed by atoms with Gasteiger partial charge in [-0.3, -0.25) is 0 Å². The van der Waals surface area contributed by atoms with E-state index in [1.807, 2.05) is 11.8 Å². The number of hydrogen-bond acceptors (Lipinski definition) is 2. The second kappa shape index (κ2) is 5.45. The van der Waals surface area contributed by atoms with Gasteiger partial charge in [0.25, 0.3) is 0 Å². The fourth-order valence-corrected chi connectivity index (χ4v) is 3.35. The topological polar surface area (TPSA) is 12.0 Å². The number of hydrogen-bond donors (Lipinski definition) is 1. The minimum atomic E-state index is 0.853. The Morgan fingerprint density at radius 3 is 2.29 bits per heavy atom. The Hall–Kier alpha value is -0.470. The largest absolute Gasteiger partial charge is 0.313 e. The average molecular weight is 247 g/mol. The SMILES string of the molecule is c1ccc(SCCNC(C2CC2)C2CC2)cc1. The van der Waals surface area contributed by atoms with Gasteiger partial charge >= 0.3 is 0 Å². The molecule has 0 amide bonds. The van der Waals surface area contributed by atoms with Crippen molar-refractivity contribution in [2.24, 2.45) is 11.8 Å². The van der Waals surface area contributed by atoms with E-state index in [-0.39, 0.29) is 0 Å². The maximum atomic E-state index is 3.79. The van der Waals surface area contributed by atoms with Crippen LogP contribution in [0.2, 0.25) is 0 Å². The van der Waals surface area contributed by atoms with Gasteiger partial charge in [-0.25, -0.2) is 0 Å². The summed E-state index contributed by atoms with van der Waals surface area (Å²) in [5, 5.41) is 3.79. The van der Waals surface area contributed by atoms with E-state index in [1.165, 1.54) is 36.3 Å². The third-order valence-corrected chi connectivity index (χ3v) is 4.77. The molecule has 2 heteroatoms. The zero-order chi connectivity index (χ0) is 11.5. The maximum absolute atomic E-state index is 3.79. The fourth-order valence-electron chi connectivity index (χ4n) is 2.54. The highest BCUT2D eigenvalue weighted by atomic mass is 32.2. The van der Waals surface area contributed by atoms with Gasteiger partial charge < -0.3 is 5.32 Å². The quantitative estimate of drug-likeness (QED) is 0.584. The predicted octanol–water partition coefficient (Wildman–Crippen LogP) is 3.56. The number of benzene rings is 1. The molecule has 2 saturated carbocycles. The van der Waals surface area contributed by atoms with Gasteiger partial charge in [0.1, 0.15) is 0 Å². The Morgan fingerprint density at radius 1 is 1.06 bits per heavy atom. The zero-order valence-electron chi connectivity index (χ0n) is 10.3. The average Bonchev–Trinajstić information content (AvgIpc) is 3.24. The molecule has 0 heterocycles. The normalized spacial score (nSPS) is 19.8. The van der Waals surface area contributed by atoms with Crippen molar-refractivity contribution < 1.29 is 0 Å². The lowest BCUT2D eigenvalue weighted by molar-refractivity contribution is 0.429. The second-order valence-corrected chi connectivity index (χ2v) is 6.48. The monoisotopic (exact) mass is 247 g/mol. The fraction of sp³-hybridized carbons (Fsp3) is 0.600. The summed E-state index contributed by atoms with van der Waals surface area (Å²) in [6.45, 7) is 1.16. The lowest BCUT2D eigenvalue weighted by Crippen LogP contribution is -2.34. The lowest BCUT2D eigenvalue weighted by atomic mass is 10.1. The van der Waals surface area contributed by atoms with Crippen molar-refractivity contribution in [1.29, 1.82) is 0 Å². The molecular weight excluding hydrogens is 226 g/mol. The first-order valence-electron chi connectivity index (χ1n) is 6.85. The lowest BCUT2D eigenvalue weighted by Gasteiger charge is -2.17. The van der Waals surface area contributed by atoms with Crippen LogP contribution in [-0.2, 0) is 0 Å². The molecule has 1 aromatic carbocycles. The van der Waals surface area contributed by atoms with Crippen molar-refractivity contribution in [3.63, 3.8) is 0 Å². The molecule has 2 aliphatic carbocycles. The summed E-state index contributed by atoms with van der Waals surface area (Å²) >= 11 is 1.96. The molecule has 0 unspecified atom stereocenters. The molecule has 92 valence electrons. The van der Waals surface area contributed by atoms with Crippen LogP contribution in [0.4, 0.5) is 0 Å². The van der Waals surface area contributed by atoms with Crippen LogP contribution >= 0.6 is 11.8 Å². The van der Waals surface area contributed by atoms with E-state index in [0.29, 0.717) is 0 Å². The molecule has 1 aromatic rings. The van der Waals surface area contributed by atoms with Crippen LogP contribution in [0.1, 0.15) is 25.7 Å². The van der Waals surface area contributed by atoms with Crippen LogP contribution in [-0.4, -0.2) is 18.3 Å². The second-order valence-electron chi connectivity index (χ2n) is 5.32. The third kappa shape index (κ3) is 3.49. The maximum Gasteiger partial charge on any atom is 0.0124 e. The molecule has 1 N–H and O–H groups in total. The standard InChI is InChI=1S/C15H21NS/c1-2-4-14(5-3-1)17-11-10-16-15(12-6-7-12)13-8-9-13/h1-5,12-13,15-16H,6-11H2. The van der Waals surface area contributed by atoms with E-state index in [1.54, 1.807) is 0 Å². The van der Waals surface area contributed by atoms with E-state index in [4.69, 9.17) is 0 Å². The predicted molar refractivity (Wildman–Crippen MR) is 74.4 cm³/mol. The summed E-state index contributed by atoms with van der Waals surface area (Å²) in [6, 6.07) is 11.6. The molecule has 0 radical (unpaired) electrons. The number of rotatable bonds is 7. The van der Waals surface area contributed by atoms with E-state index in [0.717, 1.165) is 24.4 Å². The van der Waals surface area contributed by atoms with E-state index in [2.05, 4.69) is 35.6 Å². The van der Waals surface area contributed by atoms with Crippen molar-refractivity contribution in [2.75, 3.05) is 12.3 Å². The van der Waals surface area contributed by atoms with Crippen molar-refractivity contribution in [1.82, 2.24) is 5.32 Å². The summed E-state index contributed by atoms with van der Waals surface area (Å²) < 4.78 is 0. The van der Waals surface area contributed by atoms with Gasteiger partial charge in [0.2, 0.25) is 0 Å². The molecule has 2 fully saturated rings. The Labute approximate surface area is 108 Å². The van der Waals surface area contributed by atoms with Crippen LogP contribution in [0.3, 0.4) is 0 Å². The van der Waals surface area contributed by atoms with E-state index in [9.17, 15) is 0 Å². The first kappa shape index (κ1) is 11.6. The molecule has 0 aliphatic heterocycles. The van der Waals surface area contributed by atoms with Crippen LogP contribution < -0.4 is 5.32 Å². The van der Waals surface area contributed by atoms with Crippen molar-refractivity contribution in [3.8, 4) is 0 Å². The van der Waals surface area contributed by atoms with Crippen molar-refractivity contribution in [3.05, 3.63) is 30.3 Å². The van der Waals surface area contributed by atoms with E-state index < -0.39 is 0 Å². The Balaban J connectivity index is 1.37. The highest BCUT2D eigenvalue weighted by molar-refractivity contribution is 7.99. The molecule has 0 saturated heterocycles.